The molecule has 1 N–H and O–H groups in total. The topological polar surface area (TPSA) is 106 Å². The highest BCUT2D eigenvalue weighted by Gasteiger charge is 2.37. The molecule has 1 aliphatic heterocycles. The third-order valence-electron chi connectivity index (χ3n) is 9.49. The fourth-order valence-corrected chi connectivity index (χ4v) is 8.39. The minimum Gasteiger partial charge on any atom is -0.493 e. The molecule has 1 aliphatic carbocycles. The number of aromatic nitrogens is 4. The standard InChI is InChI=1S/C38H34F2N6O3S/c1-4-17-46-19-30-33(38(46)47)34(32(37-45-44-20(2)49-37)27(43-30)13-7-21-5-8-22(39)9-6-21)31-18-29-36(50-31)28(15-16-41-29)42-26-14-11-24-23(26)10-12-25(40)35(24)48-3/h5-6,8-10,12,15-16,18,26H,4,7,11,13-14,17,19H2,1-3H3,(H,41,42). The summed E-state index contributed by atoms with van der Waals surface area (Å²) in [7, 11) is 1.50. The number of anilines is 1. The van der Waals surface area contributed by atoms with Gasteiger partial charge in [-0.05, 0) is 73.6 Å². The number of ether oxygens (including phenoxy) is 1. The van der Waals surface area contributed by atoms with Crippen molar-refractivity contribution in [2.24, 2.45) is 0 Å². The largest absolute Gasteiger partial charge is 0.493 e. The zero-order valence-electron chi connectivity index (χ0n) is 27.8. The normalized spacial score (nSPS) is 15.2. The number of halogens is 2. The number of rotatable bonds is 10. The predicted molar refractivity (Wildman–Crippen MR) is 187 cm³/mol. The van der Waals surface area contributed by atoms with Gasteiger partial charge in [-0.3, -0.25) is 14.8 Å². The molecule has 5 heterocycles. The van der Waals surface area contributed by atoms with Crippen molar-refractivity contribution >= 4 is 33.1 Å². The highest BCUT2D eigenvalue weighted by molar-refractivity contribution is 7.22. The van der Waals surface area contributed by atoms with Gasteiger partial charge in [-0.1, -0.05) is 25.1 Å². The Morgan fingerprint density at radius 2 is 1.90 bits per heavy atom. The third-order valence-corrected chi connectivity index (χ3v) is 10.7. The van der Waals surface area contributed by atoms with Gasteiger partial charge in [0, 0.05) is 35.7 Å². The van der Waals surface area contributed by atoms with Crippen LogP contribution in [0, 0.1) is 18.6 Å². The molecule has 12 heteroatoms. The van der Waals surface area contributed by atoms with Crippen molar-refractivity contribution in [2.75, 3.05) is 19.0 Å². The van der Waals surface area contributed by atoms with E-state index < -0.39 is 0 Å². The number of benzene rings is 2. The van der Waals surface area contributed by atoms with Gasteiger partial charge in [0.15, 0.2) is 11.6 Å². The van der Waals surface area contributed by atoms with Crippen LogP contribution in [0.15, 0.2) is 59.1 Å². The Bertz CT molecular complexity index is 2270. The van der Waals surface area contributed by atoms with Gasteiger partial charge in [-0.2, -0.15) is 0 Å². The number of hydrogen-bond acceptors (Lipinski definition) is 9. The molecular weight excluding hydrogens is 659 g/mol. The maximum absolute atomic E-state index is 14.5. The van der Waals surface area contributed by atoms with Gasteiger partial charge in [0.1, 0.15) is 5.82 Å². The van der Waals surface area contributed by atoms with Crippen molar-refractivity contribution in [3.63, 3.8) is 0 Å². The van der Waals surface area contributed by atoms with Crippen molar-refractivity contribution in [2.45, 2.75) is 58.5 Å². The molecule has 1 amide bonds. The van der Waals surface area contributed by atoms with E-state index in [1.165, 1.54) is 36.6 Å². The van der Waals surface area contributed by atoms with Crippen LogP contribution in [0.5, 0.6) is 5.75 Å². The summed E-state index contributed by atoms with van der Waals surface area (Å²) in [4.78, 5) is 26.6. The molecular formula is C38H34F2N6O3S. The molecule has 50 heavy (non-hydrogen) atoms. The van der Waals surface area contributed by atoms with E-state index in [0.717, 1.165) is 56.0 Å². The Labute approximate surface area is 291 Å². The smallest absolute Gasteiger partial charge is 0.256 e. The molecule has 0 fully saturated rings. The number of nitrogens with zero attached hydrogens (tertiary/aromatic N) is 5. The SMILES string of the molecule is CCCN1Cc2nc(CCc3ccc(F)cc3)c(-c3nnc(C)o3)c(-c3cc4nccc(NC5CCc6c5ccc(F)c6OC)c4s3)c2C1=O. The molecule has 0 radical (unpaired) electrons. The summed E-state index contributed by atoms with van der Waals surface area (Å²) in [6, 6.07) is 13.7. The Balaban J connectivity index is 1.27. The van der Waals surface area contributed by atoms with Gasteiger partial charge in [-0.15, -0.1) is 21.5 Å². The summed E-state index contributed by atoms with van der Waals surface area (Å²) in [6.45, 7) is 4.79. The summed E-state index contributed by atoms with van der Waals surface area (Å²) >= 11 is 1.54. The average Bonchev–Trinajstić information content (AvgIpc) is 3.90. The number of fused-ring (bicyclic) bond motifs is 3. The first-order chi connectivity index (χ1) is 24.3. The van der Waals surface area contributed by atoms with Crippen LogP contribution in [0.4, 0.5) is 14.5 Å². The molecule has 1 unspecified atom stereocenters. The number of aryl methyl sites for hydroxylation is 3. The molecule has 0 spiro atoms. The molecule has 254 valence electrons. The lowest BCUT2D eigenvalue weighted by molar-refractivity contribution is 0.0778. The molecule has 2 aliphatic rings. The van der Waals surface area contributed by atoms with Crippen LogP contribution < -0.4 is 10.1 Å². The Kier molecular flexibility index (Phi) is 8.26. The Hall–Kier alpha value is -5.23. The second kappa shape index (κ2) is 12.9. The van der Waals surface area contributed by atoms with Crippen LogP contribution in [0.1, 0.15) is 70.1 Å². The van der Waals surface area contributed by atoms with E-state index in [0.29, 0.717) is 66.4 Å². The maximum Gasteiger partial charge on any atom is 0.256 e. The summed E-state index contributed by atoms with van der Waals surface area (Å²) in [6.07, 6.45) is 5.17. The number of carbonyl (C=O) groups excluding carboxylic acids is 1. The molecule has 8 rings (SSSR count). The van der Waals surface area contributed by atoms with E-state index in [1.54, 1.807) is 25.3 Å². The summed E-state index contributed by atoms with van der Waals surface area (Å²) < 4.78 is 40.6. The quantitative estimate of drug-likeness (QED) is 0.153. The van der Waals surface area contributed by atoms with Crippen LogP contribution in [-0.4, -0.2) is 44.6 Å². The fourth-order valence-electron chi connectivity index (χ4n) is 7.24. The van der Waals surface area contributed by atoms with Crippen LogP contribution in [-0.2, 0) is 25.8 Å². The summed E-state index contributed by atoms with van der Waals surface area (Å²) in [5.74, 6) is 0.254. The van der Waals surface area contributed by atoms with Gasteiger partial charge >= 0.3 is 0 Å². The predicted octanol–water partition coefficient (Wildman–Crippen LogP) is 8.25. The van der Waals surface area contributed by atoms with Crippen LogP contribution in [0.3, 0.4) is 0 Å². The zero-order valence-corrected chi connectivity index (χ0v) is 28.7. The second-order valence-electron chi connectivity index (χ2n) is 12.7. The first-order valence-corrected chi connectivity index (χ1v) is 17.5. The average molecular weight is 693 g/mol. The van der Waals surface area contributed by atoms with E-state index in [1.807, 2.05) is 30.0 Å². The lowest BCUT2D eigenvalue weighted by Crippen LogP contribution is -2.24. The summed E-state index contributed by atoms with van der Waals surface area (Å²) in [5, 5.41) is 12.3. The minimum absolute atomic E-state index is 0.0417. The number of carbonyl (C=O) groups is 1. The van der Waals surface area contributed by atoms with Gasteiger partial charge in [0.2, 0.25) is 11.8 Å². The number of amides is 1. The maximum atomic E-state index is 14.5. The molecule has 1 atom stereocenters. The lowest BCUT2D eigenvalue weighted by atomic mass is 9.94. The molecule has 0 saturated heterocycles. The lowest BCUT2D eigenvalue weighted by Gasteiger charge is -2.17. The van der Waals surface area contributed by atoms with Crippen LogP contribution in [0.25, 0.3) is 32.1 Å². The van der Waals surface area contributed by atoms with E-state index in [-0.39, 0.29) is 29.5 Å². The summed E-state index contributed by atoms with van der Waals surface area (Å²) in [5.41, 5.74) is 7.82. The van der Waals surface area contributed by atoms with Crippen molar-refractivity contribution < 1.29 is 22.7 Å². The first kappa shape index (κ1) is 32.0. The molecule has 9 nitrogen and oxygen atoms in total. The monoisotopic (exact) mass is 692 g/mol. The van der Waals surface area contributed by atoms with Crippen LogP contribution in [0.2, 0.25) is 0 Å². The number of thiophene rings is 1. The highest BCUT2D eigenvalue weighted by atomic mass is 32.1. The number of hydrogen-bond donors (Lipinski definition) is 1. The number of nitrogens with one attached hydrogen (secondary N) is 1. The van der Waals surface area contributed by atoms with Crippen molar-refractivity contribution in [3.8, 4) is 27.6 Å². The zero-order chi connectivity index (χ0) is 34.5. The van der Waals surface area contributed by atoms with Gasteiger partial charge < -0.3 is 19.4 Å². The van der Waals surface area contributed by atoms with Gasteiger partial charge in [0.05, 0.1) is 58.1 Å². The van der Waals surface area contributed by atoms with E-state index in [4.69, 9.17) is 19.1 Å². The van der Waals surface area contributed by atoms with Crippen molar-refractivity contribution in [1.29, 1.82) is 0 Å². The molecule has 6 aromatic rings. The van der Waals surface area contributed by atoms with E-state index in [2.05, 4.69) is 15.5 Å². The number of methoxy groups -OCH3 is 1. The molecule has 2 aromatic carbocycles. The van der Waals surface area contributed by atoms with E-state index in [9.17, 15) is 13.6 Å². The molecule has 4 aromatic heterocycles. The van der Waals surface area contributed by atoms with Crippen molar-refractivity contribution in [3.05, 3.63) is 106 Å². The van der Waals surface area contributed by atoms with Crippen molar-refractivity contribution in [1.82, 2.24) is 25.1 Å². The van der Waals surface area contributed by atoms with E-state index >= 15 is 0 Å². The van der Waals surface area contributed by atoms with Crippen LogP contribution >= 0.6 is 11.3 Å². The second-order valence-corrected chi connectivity index (χ2v) is 13.7. The highest BCUT2D eigenvalue weighted by Crippen LogP contribution is 2.47. The Morgan fingerprint density at radius 3 is 2.66 bits per heavy atom. The van der Waals surface area contributed by atoms with Gasteiger partial charge in [-0.25, -0.2) is 8.78 Å². The third kappa shape index (κ3) is 5.57. The Morgan fingerprint density at radius 1 is 1.06 bits per heavy atom. The minimum atomic E-state index is -0.359. The number of pyridine rings is 2. The van der Waals surface area contributed by atoms with Gasteiger partial charge in [0.25, 0.3) is 5.91 Å². The molecule has 0 bridgehead atoms. The first-order valence-electron chi connectivity index (χ1n) is 16.7. The fraction of sp³-hybridized carbons (Fsp3) is 0.289. The molecule has 0 saturated carbocycles.